The molecule has 3 aliphatic rings. The Morgan fingerprint density at radius 2 is 1.97 bits per heavy atom. The first kappa shape index (κ1) is 23.2. The van der Waals surface area contributed by atoms with Crippen LogP contribution >= 0.6 is 0 Å². The number of nitrogens with zero attached hydrogens (tertiary/aromatic N) is 3. The Kier molecular flexibility index (Phi) is 5.64. The smallest absolute Gasteiger partial charge is 0.387 e. The van der Waals surface area contributed by atoms with Gasteiger partial charge >= 0.3 is 6.61 Å². The first-order valence-corrected chi connectivity index (χ1v) is 12.3. The van der Waals surface area contributed by atoms with E-state index in [1.54, 1.807) is 12.3 Å². The fraction of sp³-hybridized carbons (Fsp3) is 0.444. The van der Waals surface area contributed by atoms with Gasteiger partial charge in [0.1, 0.15) is 17.1 Å². The van der Waals surface area contributed by atoms with Crippen molar-refractivity contribution in [1.29, 1.82) is 0 Å². The Morgan fingerprint density at radius 1 is 1.22 bits per heavy atom. The van der Waals surface area contributed by atoms with E-state index in [1.807, 2.05) is 16.7 Å². The molecule has 2 aromatic heterocycles. The molecular weight excluding hydrogens is 466 g/mol. The number of imidazole rings is 1. The third-order valence-electron chi connectivity index (χ3n) is 7.52. The summed E-state index contributed by atoms with van der Waals surface area (Å²) in [4.78, 5) is 7.07. The molecule has 0 amide bonds. The molecule has 6 rings (SSSR count). The Bertz CT molecular complexity index is 1310. The maximum absolute atomic E-state index is 13.4. The van der Waals surface area contributed by atoms with Crippen molar-refractivity contribution in [2.75, 3.05) is 33.4 Å². The van der Waals surface area contributed by atoms with E-state index in [0.29, 0.717) is 34.0 Å². The predicted octanol–water partition coefficient (Wildman–Crippen LogP) is 4.73. The number of rotatable bonds is 9. The molecule has 2 saturated heterocycles. The molecule has 1 atom stereocenters. The van der Waals surface area contributed by atoms with Gasteiger partial charge < -0.3 is 19.5 Å². The normalized spacial score (nSPS) is 19.7. The average molecular weight is 497 g/mol. The molecule has 1 N–H and O–H groups in total. The van der Waals surface area contributed by atoms with Crippen molar-refractivity contribution in [1.82, 2.24) is 19.6 Å². The van der Waals surface area contributed by atoms with E-state index in [4.69, 9.17) is 14.2 Å². The van der Waals surface area contributed by atoms with E-state index in [-0.39, 0.29) is 11.8 Å². The molecule has 9 heteroatoms. The maximum atomic E-state index is 13.4. The number of hydrogen-bond acceptors (Lipinski definition) is 6. The van der Waals surface area contributed by atoms with Gasteiger partial charge in [-0.25, -0.2) is 4.98 Å². The number of methoxy groups -OCH3 is 1. The van der Waals surface area contributed by atoms with E-state index in [1.165, 1.54) is 12.7 Å². The van der Waals surface area contributed by atoms with Crippen molar-refractivity contribution in [2.45, 2.75) is 38.5 Å². The molecule has 2 aliphatic heterocycles. The Morgan fingerprint density at radius 3 is 2.61 bits per heavy atom. The van der Waals surface area contributed by atoms with Crippen LogP contribution in [0.2, 0.25) is 0 Å². The largest absolute Gasteiger partial charge is 0.496 e. The second kappa shape index (κ2) is 8.74. The van der Waals surface area contributed by atoms with Crippen molar-refractivity contribution >= 4 is 11.3 Å². The Labute approximate surface area is 208 Å². The van der Waals surface area contributed by atoms with Crippen LogP contribution in [0, 0.1) is 5.41 Å². The number of pyridine rings is 1. The van der Waals surface area contributed by atoms with Gasteiger partial charge in [-0.1, -0.05) is 6.58 Å². The molecule has 3 fully saturated rings. The van der Waals surface area contributed by atoms with Crippen LogP contribution in [0.1, 0.15) is 36.9 Å². The first-order chi connectivity index (χ1) is 17.4. The van der Waals surface area contributed by atoms with Crippen molar-refractivity contribution < 1.29 is 23.0 Å². The van der Waals surface area contributed by atoms with E-state index in [0.717, 1.165) is 50.5 Å². The summed E-state index contributed by atoms with van der Waals surface area (Å²) in [5, 5.41) is 3.26. The van der Waals surface area contributed by atoms with Crippen LogP contribution in [-0.4, -0.2) is 60.4 Å². The number of fused-ring (bicyclic) bond motifs is 1. The summed E-state index contributed by atoms with van der Waals surface area (Å²) in [6.07, 6.45) is 5.78. The number of ether oxygens (including phenoxy) is 3. The molecule has 1 aliphatic carbocycles. The van der Waals surface area contributed by atoms with E-state index in [2.05, 4.69) is 40.8 Å². The number of alkyl halides is 2. The van der Waals surface area contributed by atoms with Crippen LogP contribution in [0.5, 0.6) is 11.5 Å². The standard InChI is InChI=1S/C27H30F2N4O3/c1-16(31-20-4-5-20)25-22(34-3)8-19(9-23(25)36-26(28)29)21-11-30-24-10-18(6-7-33(21)24)17(2)32-12-27(13-32)14-35-15-27/h6-11,17,20,26,31H,1,4-5,12-15H2,2-3H3. The summed E-state index contributed by atoms with van der Waals surface area (Å²) < 4.78 is 44.6. The van der Waals surface area contributed by atoms with Crippen molar-refractivity contribution in [3.8, 4) is 22.8 Å². The quantitative estimate of drug-likeness (QED) is 0.462. The minimum absolute atomic E-state index is 0.0179. The fourth-order valence-electron chi connectivity index (χ4n) is 5.27. The number of halogens is 2. The van der Waals surface area contributed by atoms with Crippen molar-refractivity contribution in [2.24, 2.45) is 5.41 Å². The van der Waals surface area contributed by atoms with Gasteiger partial charge in [0, 0.05) is 48.0 Å². The second-order valence-electron chi connectivity index (χ2n) is 10.2. The van der Waals surface area contributed by atoms with Gasteiger partial charge in [-0.05, 0) is 49.6 Å². The lowest BCUT2D eigenvalue weighted by molar-refractivity contribution is -0.197. The zero-order chi connectivity index (χ0) is 25.0. The summed E-state index contributed by atoms with van der Waals surface area (Å²) in [5.41, 5.74) is 4.67. The van der Waals surface area contributed by atoms with Gasteiger partial charge in [0.15, 0.2) is 0 Å². The van der Waals surface area contributed by atoms with Crippen LogP contribution in [0.3, 0.4) is 0 Å². The highest BCUT2D eigenvalue weighted by atomic mass is 19.3. The lowest BCUT2D eigenvalue weighted by Gasteiger charge is -2.57. The molecule has 3 aromatic rings. The van der Waals surface area contributed by atoms with Gasteiger partial charge in [-0.3, -0.25) is 9.30 Å². The summed E-state index contributed by atoms with van der Waals surface area (Å²) in [6, 6.07) is 8.17. The molecule has 190 valence electrons. The van der Waals surface area contributed by atoms with Crippen LogP contribution in [0.4, 0.5) is 8.78 Å². The van der Waals surface area contributed by atoms with Crippen molar-refractivity contribution in [3.05, 3.63) is 54.4 Å². The number of benzene rings is 1. The van der Waals surface area contributed by atoms with Crippen LogP contribution in [0.25, 0.3) is 22.6 Å². The number of nitrogens with one attached hydrogen (secondary N) is 1. The van der Waals surface area contributed by atoms with Crippen LogP contribution < -0.4 is 14.8 Å². The number of hydrogen-bond donors (Lipinski definition) is 1. The van der Waals surface area contributed by atoms with E-state index >= 15 is 0 Å². The summed E-state index contributed by atoms with van der Waals surface area (Å²) in [6.45, 7) is 7.12. The predicted molar refractivity (Wildman–Crippen MR) is 132 cm³/mol. The zero-order valence-corrected chi connectivity index (χ0v) is 20.5. The first-order valence-electron chi connectivity index (χ1n) is 12.3. The Balaban J connectivity index is 1.32. The van der Waals surface area contributed by atoms with Crippen LogP contribution in [-0.2, 0) is 4.74 Å². The molecule has 1 saturated carbocycles. The van der Waals surface area contributed by atoms with Crippen molar-refractivity contribution in [3.63, 3.8) is 0 Å². The molecule has 1 unspecified atom stereocenters. The average Bonchev–Trinajstić information content (AvgIpc) is 3.50. The second-order valence-corrected chi connectivity index (χ2v) is 10.2. The van der Waals surface area contributed by atoms with Gasteiger partial charge in [0.2, 0.25) is 0 Å². The lowest BCUT2D eigenvalue weighted by atomic mass is 9.77. The molecule has 36 heavy (non-hydrogen) atoms. The van der Waals surface area contributed by atoms with Gasteiger partial charge in [-0.15, -0.1) is 0 Å². The highest BCUT2D eigenvalue weighted by Crippen LogP contribution is 2.43. The summed E-state index contributed by atoms with van der Waals surface area (Å²) in [7, 11) is 1.51. The van der Waals surface area contributed by atoms with Crippen LogP contribution in [0.15, 0.2) is 43.2 Å². The Hall–Kier alpha value is -3.17. The molecule has 0 bridgehead atoms. The summed E-state index contributed by atoms with van der Waals surface area (Å²) in [5.74, 6) is 0.428. The molecular formula is C27H30F2N4O3. The SMILES string of the molecule is C=C(NC1CC1)c1c(OC)cc(-c2cnc3cc(C(C)N4CC5(COC5)C4)ccn23)cc1OC(F)F. The minimum atomic E-state index is -2.98. The molecule has 1 aromatic carbocycles. The third-order valence-corrected chi connectivity index (χ3v) is 7.52. The highest BCUT2D eigenvalue weighted by Gasteiger charge is 2.50. The molecule has 0 radical (unpaired) electrons. The van der Waals surface area contributed by atoms with Gasteiger partial charge in [-0.2, -0.15) is 8.78 Å². The number of likely N-dealkylation sites (tertiary alicyclic amines) is 1. The van der Waals surface area contributed by atoms with E-state index < -0.39 is 6.61 Å². The van der Waals surface area contributed by atoms with Gasteiger partial charge in [0.05, 0.1) is 37.8 Å². The monoisotopic (exact) mass is 496 g/mol. The number of aromatic nitrogens is 2. The van der Waals surface area contributed by atoms with Gasteiger partial charge in [0.25, 0.3) is 0 Å². The summed E-state index contributed by atoms with van der Waals surface area (Å²) >= 11 is 0. The minimum Gasteiger partial charge on any atom is -0.496 e. The van der Waals surface area contributed by atoms with E-state index in [9.17, 15) is 8.78 Å². The molecule has 1 spiro atoms. The third kappa shape index (κ3) is 4.10. The maximum Gasteiger partial charge on any atom is 0.387 e. The lowest BCUT2D eigenvalue weighted by Crippen LogP contribution is -2.66. The highest BCUT2D eigenvalue weighted by molar-refractivity contribution is 5.79. The molecule has 4 heterocycles. The fourth-order valence-corrected chi connectivity index (χ4v) is 5.27. The zero-order valence-electron chi connectivity index (χ0n) is 20.5. The molecule has 7 nitrogen and oxygen atoms in total. The topological polar surface area (TPSA) is 60.3 Å².